The summed E-state index contributed by atoms with van der Waals surface area (Å²) >= 11 is 1.41. The third kappa shape index (κ3) is 6.01. The third-order valence-corrected chi connectivity index (χ3v) is 6.24. The Kier molecular flexibility index (Phi) is 8.27. The predicted molar refractivity (Wildman–Crippen MR) is 113 cm³/mol. The number of nitrogens with zero attached hydrogens (tertiary/aromatic N) is 2. The van der Waals surface area contributed by atoms with E-state index in [4.69, 9.17) is 23.7 Å². The van der Waals surface area contributed by atoms with Gasteiger partial charge in [-0.05, 0) is 12.1 Å². The first kappa shape index (κ1) is 24.9. The van der Waals surface area contributed by atoms with E-state index in [1.807, 2.05) is 12.1 Å². The molecule has 0 aliphatic carbocycles. The largest absolute Gasteiger partial charge is 0.456 e. The molecule has 6 atom stereocenters. The average molecular weight is 483 g/mol. The van der Waals surface area contributed by atoms with E-state index in [1.54, 1.807) is 17.2 Å². The van der Waals surface area contributed by atoms with Gasteiger partial charge in [-0.25, -0.2) is 0 Å². The minimum absolute atomic E-state index is 0.00453. The molecule has 12 heteroatoms. The van der Waals surface area contributed by atoms with E-state index < -0.39 is 48.6 Å². The molecule has 0 radical (unpaired) electrons. The molecule has 33 heavy (non-hydrogen) atoms. The smallest absolute Gasteiger partial charge is 0.303 e. The normalized spacial score (nSPS) is 29.5. The lowest BCUT2D eigenvalue weighted by Crippen LogP contribution is -2.63. The first-order valence-corrected chi connectivity index (χ1v) is 11.3. The van der Waals surface area contributed by atoms with E-state index in [2.05, 4.69) is 4.98 Å². The molecule has 2 fully saturated rings. The van der Waals surface area contributed by atoms with Crippen LogP contribution in [0.3, 0.4) is 0 Å². The summed E-state index contributed by atoms with van der Waals surface area (Å²) in [4.78, 5) is 54.1. The van der Waals surface area contributed by atoms with Crippen molar-refractivity contribution in [3.63, 3.8) is 0 Å². The molecule has 1 aromatic heterocycles. The summed E-state index contributed by atoms with van der Waals surface area (Å²) in [6, 6.07) is 5.41. The van der Waals surface area contributed by atoms with Crippen LogP contribution in [-0.4, -0.2) is 83.8 Å². The number of methoxy groups -OCH3 is 1. The fourth-order valence-corrected chi connectivity index (χ4v) is 4.96. The monoisotopic (exact) mass is 482 g/mol. The van der Waals surface area contributed by atoms with Gasteiger partial charge in [0.05, 0.1) is 18.0 Å². The lowest BCUT2D eigenvalue weighted by atomic mass is 9.97. The molecule has 0 aromatic carbocycles. The summed E-state index contributed by atoms with van der Waals surface area (Å²) in [5.41, 5.74) is 0.686. The molecular weight excluding hydrogens is 456 g/mol. The molecule has 0 unspecified atom stereocenters. The van der Waals surface area contributed by atoms with Gasteiger partial charge in [0.1, 0.15) is 11.5 Å². The quantitative estimate of drug-likeness (QED) is 0.404. The van der Waals surface area contributed by atoms with Crippen molar-refractivity contribution in [2.24, 2.45) is 0 Å². The van der Waals surface area contributed by atoms with Gasteiger partial charge in [-0.15, -0.1) is 11.8 Å². The fourth-order valence-electron chi connectivity index (χ4n) is 3.80. The van der Waals surface area contributed by atoms with Gasteiger partial charge in [0.25, 0.3) is 0 Å². The molecule has 0 N–H and O–H groups in total. The number of esters is 3. The Hall–Kier alpha value is -2.70. The summed E-state index contributed by atoms with van der Waals surface area (Å²) in [6.07, 6.45) is -4.00. The van der Waals surface area contributed by atoms with Crippen molar-refractivity contribution in [3.05, 3.63) is 30.1 Å². The number of hydrogen-bond acceptors (Lipinski definition) is 11. The molecule has 2 saturated heterocycles. The number of carbonyl (C=O) groups excluding carboxylic acids is 4. The molecule has 0 saturated carbocycles. The maximum Gasteiger partial charge on any atom is 0.303 e. The van der Waals surface area contributed by atoms with E-state index in [0.29, 0.717) is 5.69 Å². The van der Waals surface area contributed by atoms with Crippen LogP contribution in [-0.2, 0) is 42.9 Å². The lowest BCUT2D eigenvalue weighted by molar-refractivity contribution is -0.299. The van der Waals surface area contributed by atoms with Crippen molar-refractivity contribution in [3.8, 4) is 0 Å². The van der Waals surface area contributed by atoms with E-state index in [0.717, 1.165) is 0 Å². The van der Waals surface area contributed by atoms with Gasteiger partial charge in [-0.3, -0.25) is 24.2 Å². The number of carbonyl (C=O) groups is 4. The van der Waals surface area contributed by atoms with E-state index in [1.165, 1.54) is 39.6 Å². The molecule has 2 aliphatic heterocycles. The van der Waals surface area contributed by atoms with E-state index >= 15 is 0 Å². The first-order chi connectivity index (χ1) is 15.7. The number of amides is 1. The predicted octanol–water partition coefficient (Wildman–Crippen LogP) is 0.822. The van der Waals surface area contributed by atoms with Crippen LogP contribution in [0.25, 0.3) is 0 Å². The van der Waals surface area contributed by atoms with E-state index in [-0.39, 0.29) is 23.6 Å². The Morgan fingerprint density at radius 3 is 2.27 bits per heavy atom. The second-order valence-electron chi connectivity index (χ2n) is 7.46. The van der Waals surface area contributed by atoms with E-state index in [9.17, 15) is 19.2 Å². The second kappa shape index (κ2) is 10.9. The summed E-state index contributed by atoms with van der Waals surface area (Å²) in [5.74, 6) is -1.91. The number of pyridine rings is 1. The molecule has 3 rings (SSSR count). The van der Waals surface area contributed by atoms with Crippen molar-refractivity contribution in [2.75, 3.05) is 19.4 Å². The topological polar surface area (TPSA) is 131 Å². The van der Waals surface area contributed by atoms with Crippen molar-refractivity contribution >= 4 is 35.6 Å². The van der Waals surface area contributed by atoms with Crippen molar-refractivity contribution < 1.29 is 42.9 Å². The highest BCUT2D eigenvalue weighted by Gasteiger charge is 2.53. The number of thioether (sulfide) groups is 1. The maximum absolute atomic E-state index is 12.7. The van der Waals surface area contributed by atoms with Crippen LogP contribution in [0.1, 0.15) is 31.8 Å². The standard InChI is InChI=1S/C21H26N2O9S/c1-11(24)29-17-15(9-23-16(27)10-33-20(23)14-7-5-6-8-22-14)32-21(28-4)19(31-13(3)26)18(17)30-12(2)25/h5-8,15,17-21H,9-10H2,1-4H3/t15-,17-,18+,19-,20-,21+/m1/s1. The summed E-state index contributed by atoms with van der Waals surface area (Å²) in [5, 5.41) is -0.375. The van der Waals surface area contributed by atoms with Gasteiger partial charge in [-0.1, -0.05) is 6.07 Å². The van der Waals surface area contributed by atoms with Crippen LogP contribution in [0.15, 0.2) is 24.4 Å². The zero-order valence-corrected chi connectivity index (χ0v) is 19.5. The molecule has 0 bridgehead atoms. The minimum atomic E-state index is -1.21. The van der Waals surface area contributed by atoms with Crippen LogP contribution >= 0.6 is 11.8 Å². The molecular formula is C21H26N2O9S. The van der Waals surface area contributed by atoms with Gasteiger partial charge in [-0.2, -0.15) is 0 Å². The number of ether oxygens (including phenoxy) is 5. The van der Waals surface area contributed by atoms with Crippen LogP contribution in [0.2, 0.25) is 0 Å². The maximum atomic E-state index is 12.7. The fraction of sp³-hybridized carbons (Fsp3) is 0.571. The zero-order chi connectivity index (χ0) is 24.1. The number of aromatic nitrogens is 1. The van der Waals surface area contributed by atoms with Crippen molar-refractivity contribution in [1.82, 2.24) is 9.88 Å². The summed E-state index contributed by atoms with van der Waals surface area (Å²) < 4.78 is 27.5. The van der Waals surface area contributed by atoms with Crippen molar-refractivity contribution in [2.45, 2.75) is 56.9 Å². The van der Waals surface area contributed by atoms with Crippen LogP contribution in [0.4, 0.5) is 0 Å². The Bertz CT molecular complexity index is 884. The second-order valence-corrected chi connectivity index (χ2v) is 8.53. The summed E-state index contributed by atoms with van der Waals surface area (Å²) in [6.45, 7) is 3.55. The van der Waals surface area contributed by atoms with Crippen LogP contribution < -0.4 is 0 Å². The van der Waals surface area contributed by atoms with Crippen LogP contribution in [0, 0.1) is 0 Å². The van der Waals surface area contributed by atoms with Gasteiger partial charge in [0, 0.05) is 34.1 Å². The van der Waals surface area contributed by atoms with Gasteiger partial charge in [0.2, 0.25) is 5.91 Å². The first-order valence-electron chi connectivity index (χ1n) is 10.2. The highest BCUT2D eigenvalue weighted by molar-refractivity contribution is 8.00. The highest BCUT2D eigenvalue weighted by Crippen LogP contribution is 2.39. The number of hydrogen-bond donors (Lipinski definition) is 0. The van der Waals surface area contributed by atoms with Crippen LogP contribution in [0.5, 0.6) is 0 Å². The lowest BCUT2D eigenvalue weighted by Gasteiger charge is -2.45. The molecule has 0 spiro atoms. The molecule has 1 aromatic rings. The molecule has 3 heterocycles. The highest BCUT2D eigenvalue weighted by atomic mass is 32.2. The van der Waals surface area contributed by atoms with Gasteiger partial charge < -0.3 is 28.6 Å². The zero-order valence-electron chi connectivity index (χ0n) is 18.7. The molecule has 1 amide bonds. The average Bonchev–Trinajstić information content (AvgIpc) is 3.11. The Labute approximate surface area is 195 Å². The summed E-state index contributed by atoms with van der Waals surface area (Å²) in [7, 11) is 1.34. The molecule has 2 aliphatic rings. The Morgan fingerprint density at radius 1 is 1.06 bits per heavy atom. The Morgan fingerprint density at radius 2 is 1.70 bits per heavy atom. The minimum Gasteiger partial charge on any atom is -0.456 e. The Balaban J connectivity index is 1.93. The SMILES string of the molecule is CO[C@H]1O[C@H](CN2C(=O)CS[C@@H]2c2ccccn2)[C@@H](OC(C)=O)[C@H](OC(C)=O)[C@H]1OC(C)=O. The third-order valence-electron chi connectivity index (χ3n) is 5.02. The number of rotatable bonds is 7. The molecule has 11 nitrogen and oxygen atoms in total. The van der Waals surface area contributed by atoms with Gasteiger partial charge in [0.15, 0.2) is 24.6 Å². The molecule has 180 valence electrons. The van der Waals surface area contributed by atoms with Crippen molar-refractivity contribution in [1.29, 1.82) is 0 Å². The van der Waals surface area contributed by atoms with Gasteiger partial charge >= 0.3 is 17.9 Å².